The van der Waals surface area contributed by atoms with Gasteiger partial charge in [0.1, 0.15) is 0 Å². The van der Waals surface area contributed by atoms with Crippen molar-refractivity contribution in [2.75, 3.05) is 0 Å². The van der Waals surface area contributed by atoms with Gasteiger partial charge < -0.3 is 10.5 Å². The standard InChI is InChI=1S/C14H19NO/c15-14(6-10-2-1-3-10)11-4-5-12-8-16-9-13(12)7-11/h4-5,7,10,14H,1-3,6,8-9,15H2. The minimum atomic E-state index is 0.219. The number of hydrogen-bond acceptors (Lipinski definition) is 2. The molecule has 3 rings (SSSR count). The first-order valence-corrected chi connectivity index (χ1v) is 6.28. The van der Waals surface area contributed by atoms with Crippen molar-refractivity contribution in [1.29, 1.82) is 0 Å². The predicted molar refractivity (Wildman–Crippen MR) is 63.8 cm³/mol. The van der Waals surface area contributed by atoms with Gasteiger partial charge >= 0.3 is 0 Å². The molecule has 16 heavy (non-hydrogen) atoms. The maximum Gasteiger partial charge on any atom is 0.0725 e. The molecule has 1 aromatic rings. The fourth-order valence-corrected chi connectivity index (χ4v) is 2.65. The second-order valence-corrected chi connectivity index (χ2v) is 5.16. The molecule has 0 spiro atoms. The molecule has 2 N–H and O–H groups in total. The van der Waals surface area contributed by atoms with Crippen LogP contribution in [0.25, 0.3) is 0 Å². The van der Waals surface area contributed by atoms with Gasteiger partial charge in [0.25, 0.3) is 0 Å². The molecule has 1 fully saturated rings. The summed E-state index contributed by atoms with van der Waals surface area (Å²) in [5.74, 6) is 0.875. The molecule has 1 unspecified atom stereocenters. The second-order valence-electron chi connectivity index (χ2n) is 5.16. The first kappa shape index (κ1) is 10.3. The summed E-state index contributed by atoms with van der Waals surface area (Å²) in [5, 5.41) is 0. The first-order chi connectivity index (χ1) is 7.83. The van der Waals surface area contributed by atoms with Crippen molar-refractivity contribution < 1.29 is 4.74 Å². The molecule has 1 aliphatic heterocycles. The smallest absolute Gasteiger partial charge is 0.0725 e. The number of ether oxygens (including phenoxy) is 1. The highest BCUT2D eigenvalue weighted by atomic mass is 16.5. The van der Waals surface area contributed by atoms with E-state index in [1.165, 1.54) is 36.0 Å². The van der Waals surface area contributed by atoms with Gasteiger partial charge in [-0.15, -0.1) is 0 Å². The molecule has 1 aromatic carbocycles. The molecule has 2 aliphatic rings. The Labute approximate surface area is 96.8 Å². The van der Waals surface area contributed by atoms with Crippen molar-refractivity contribution >= 4 is 0 Å². The minimum Gasteiger partial charge on any atom is -0.372 e. The molecule has 0 amide bonds. The Balaban J connectivity index is 1.72. The van der Waals surface area contributed by atoms with Gasteiger partial charge in [-0.3, -0.25) is 0 Å². The van der Waals surface area contributed by atoms with Crippen LogP contribution in [-0.2, 0) is 18.0 Å². The lowest BCUT2D eigenvalue weighted by molar-refractivity contribution is 0.134. The van der Waals surface area contributed by atoms with Crippen molar-refractivity contribution in [3.63, 3.8) is 0 Å². The highest BCUT2D eigenvalue weighted by Crippen LogP contribution is 2.34. The molecule has 1 aliphatic carbocycles. The van der Waals surface area contributed by atoms with Crippen molar-refractivity contribution in [2.24, 2.45) is 11.7 Å². The summed E-state index contributed by atoms with van der Waals surface area (Å²) in [5.41, 5.74) is 10.2. The van der Waals surface area contributed by atoms with Crippen LogP contribution in [0.3, 0.4) is 0 Å². The first-order valence-electron chi connectivity index (χ1n) is 6.28. The Bertz CT molecular complexity index is 384. The third-order valence-corrected chi connectivity index (χ3v) is 3.99. The van der Waals surface area contributed by atoms with Gasteiger partial charge in [0.05, 0.1) is 13.2 Å². The predicted octanol–water partition coefficient (Wildman–Crippen LogP) is 2.91. The van der Waals surface area contributed by atoms with Gasteiger partial charge in [-0.2, -0.15) is 0 Å². The molecule has 86 valence electrons. The fourth-order valence-electron chi connectivity index (χ4n) is 2.65. The third-order valence-electron chi connectivity index (χ3n) is 3.99. The molecule has 1 atom stereocenters. The highest BCUT2D eigenvalue weighted by Gasteiger charge is 2.21. The molecule has 1 heterocycles. The van der Waals surface area contributed by atoms with E-state index in [1.807, 2.05) is 0 Å². The van der Waals surface area contributed by atoms with Crippen LogP contribution in [-0.4, -0.2) is 0 Å². The van der Waals surface area contributed by atoms with Crippen molar-refractivity contribution in [2.45, 2.75) is 44.9 Å². The number of hydrogen-bond donors (Lipinski definition) is 1. The van der Waals surface area contributed by atoms with Crippen LogP contribution < -0.4 is 5.73 Å². The topological polar surface area (TPSA) is 35.2 Å². The van der Waals surface area contributed by atoms with E-state index in [4.69, 9.17) is 10.5 Å². The lowest BCUT2D eigenvalue weighted by Crippen LogP contribution is -2.20. The van der Waals surface area contributed by atoms with Gasteiger partial charge in [0.2, 0.25) is 0 Å². The number of fused-ring (bicyclic) bond motifs is 1. The van der Waals surface area contributed by atoms with Crippen LogP contribution >= 0.6 is 0 Å². The van der Waals surface area contributed by atoms with E-state index in [2.05, 4.69) is 18.2 Å². The summed E-state index contributed by atoms with van der Waals surface area (Å²) in [6.45, 7) is 1.53. The van der Waals surface area contributed by atoms with Crippen LogP contribution in [0, 0.1) is 5.92 Å². The zero-order valence-electron chi connectivity index (χ0n) is 9.61. The summed E-state index contributed by atoms with van der Waals surface area (Å²) < 4.78 is 5.42. The van der Waals surface area contributed by atoms with Crippen LogP contribution in [0.5, 0.6) is 0 Å². The Morgan fingerprint density at radius 1 is 1.25 bits per heavy atom. The van der Waals surface area contributed by atoms with E-state index in [1.54, 1.807) is 0 Å². The zero-order valence-corrected chi connectivity index (χ0v) is 9.61. The quantitative estimate of drug-likeness (QED) is 0.845. The Kier molecular flexibility index (Phi) is 2.70. The average molecular weight is 217 g/mol. The Morgan fingerprint density at radius 3 is 2.81 bits per heavy atom. The molecular formula is C14H19NO. The monoisotopic (exact) mass is 217 g/mol. The number of benzene rings is 1. The summed E-state index contributed by atoms with van der Waals surface area (Å²) in [6, 6.07) is 6.82. The molecule has 0 saturated heterocycles. The largest absolute Gasteiger partial charge is 0.372 e. The SMILES string of the molecule is NC(CC1CCC1)c1ccc2c(c1)COC2. The van der Waals surface area contributed by atoms with Crippen molar-refractivity contribution in [3.8, 4) is 0 Å². The molecule has 0 radical (unpaired) electrons. The lowest BCUT2D eigenvalue weighted by Gasteiger charge is -2.28. The highest BCUT2D eigenvalue weighted by molar-refractivity contribution is 5.34. The molecule has 2 nitrogen and oxygen atoms in total. The van der Waals surface area contributed by atoms with E-state index in [-0.39, 0.29) is 6.04 Å². The van der Waals surface area contributed by atoms with E-state index in [9.17, 15) is 0 Å². The number of nitrogens with two attached hydrogens (primary N) is 1. The molecule has 2 heteroatoms. The molecular weight excluding hydrogens is 198 g/mol. The lowest BCUT2D eigenvalue weighted by atomic mass is 9.79. The van der Waals surface area contributed by atoms with Gasteiger partial charge in [0, 0.05) is 6.04 Å². The molecule has 0 aromatic heterocycles. The maximum absolute atomic E-state index is 6.26. The van der Waals surface area contributed by atoms with E-state index < -0.39 is 0 Å². The van der Waals surface area contributed by atoms with Crippen LogP contribution in [0.4, 0.5) is 0 Å². The normalized spacial score (nSPS) is 21.6. The Morgan fingerprint density at radius 2 is 2.06 bits per heavy atom. The van der Waals surface area contributed by atoms with Crippen LogP contribution in [0.1, 0.15) is 48.4 Å². The van der Waals surface area contributed by atoms with E-state index in [0.717, 1.165) is 25.6 Å². The minimum absolute atomic E-state index is 0.219. The van der Waals surface area contributed by atoms with Gasteiger partial charge in [-0.05, 0) is 29.0 Å². The summed E-state index contributed by atoms with van der Waals surface area (Å²) in [4.78, 5) is 0. The van der Waals surface area contributed by atoms with Crippen LogP contribution in [0.2, 0.25) is 0 Å². The van der Waals surface area contributed by atoms with E-state index >= 15 is 0 Å². The summed E-state index contributed by atoms with van der Waals surface area (Å²) >= 11 is 0. The zero-order chi connectivity index (χ0) is 11.0. The van der Waals surface area contributed by atoms with Crippen molar-refractivity contribution in [3.05, 3.63) is 34.9 Å². The van der Waals surface area contributed by atoms with Gasteiger partial charge in [-0.25, -0.2) is 0 Å². The second kappa shape index (κ2) is 4.19. The Hall–Kier alpha value is -0.860. The van der Waals surface area contributed by atoms with Gasteiger partial charge in [0.15, 0.2) is 0 Å². The van der Waals surface area contributed by atoms with Crippen molar-refractivity contribution in [1.82, 2.24) is 0 Å². The molecule has 0 bridgehead atoms. The third kappa shape index (κ3) is 1.87. The maximum atomic E-state index is 6.26. The van der Waals surface area contributed by atoms with Gasteiger partial charge in [-0.1, -0.05) is 37.5 Å². The van der Waals surface area contributed by atoms with E-state index in [0.29, 0.717) is 0 Å². The average Bonchev–Trinajstić information content (AvgIpc) is 2.69. The molecule has 1 saturated carbocycles. The summed E-state index contributed by atoms with van der Waals surface area (Å²) in [7, 11) is 0. The fraction of sp³-hybridized carbons (Fsp3) is 0.571. The summed E-state index contributed by atoms with van der Waals surface area (Å²) in [6.07, 6.45) is 5.30. The number of rotatable bonds is 3. The van der Waals surface area contributed by atoms with Crippen LogP contribution in [0.15, 0.2) is 18.2 Å².